The Hall–Kier alpha value is -1.71. The van der Waals surface area contributed by atoms with Crippen LogP contribution < -0.4 is 0 Å². The van der Waals surface area contributed by atoms with Gasteiger partial charge in [-0.1, -0.05) is 56.5 Å². The van der Waals surface area contributed by atoms with Crippen molar-refractivity contribution in [3.63, 3.8) is 0 Å². The van der Waals surface area contributed by atoms with Gasteiger partial charge in [-0.25, -0.2) is 0 Å². The molecule has 0 saturated carbocycles. The summed E-state index contributed by atoms with van der Waals surface area (Å²) in [4.78, 5) is 22.6. The highest BCUT2D eigenvalue weighted by Gasteiger charge is 2.27. The van der Waals surface area contributed by atoms with Crippen LogP contribution in [0.25, 0.3) is 0 Å². The Morgan fingerprint density at radius 2 is 1.82 bits per heavy atom. The van der Waals surface area contributed by atoms with Crippen LogP contribution in [-0.2, 0) is 11.2 Å². The van der Waals surface area contributed by atoms with E-state index < -0.39 is 11.0 Å². The van der Waals surface area contributed by atoms with E-state index in [2.05, 4.69) is 19.1 Å². The second-order valence-electron chi connectivity index (χ2n) is 5.81. The number of benzene rings is 1. The summed E-state index contributed by atoms with van der Waals surface area (Å²) in [6.07, 6.45) is 7.19. The number of Topliss-reactive ketones (excluding diaryl/α,β-unsaturated/α-hetero) is 1. The molecule has 0 aliphatic rings. The van der Waals surface area contributed by atoms with E-state index in [0.29, 0.717) is 12.8 Å². The van der Waals surface area contributed by atoms with Crippen LogP contribution in [0.5, 0.6) is 0 Å². The van der Waals surface area contributed by atoms with E-state index in [1.54, 1.807) is 0 Å². The summed E-state index contributed by atoms with van der Waals surface area (Å²) in [5.74, 6) is -0.194. The number of nitro groups is 1. The van der Waals surface area contributed by atoms with Crippen molar-refractivity contribution in [2.45, 2.75) is 70.8 Å². The lowest BCUT2D eigenvalue weighted by Gasteiger charge is -2.08. The van der Waals surface area contributed by atoms with E-state index in [4.69, 9.17) is 0 Å². The van der Waals surface area contributed by atoms with Crippen molar-refractivity contribution in [1.29, 1.82) is 0 Å². The number of unbranched alkanes of at least 4 members (excludes halogenated alkanes) is 4. The molecule has 122 valence electrons. The van der Waals surface area contributed by atoms with Gasteiger partial charge in [-0.05, 0) is 31.2 Å². The lowest BCUT2D eigenvalue weighted by atomic mass is 9.99. The number of aryl methyl sites for hydroxylation is 1. The molecule has 0 amide bonds. The van der Waals surface area contributed by atoms with Gasteiger partial charge in [-0.15, -0.1) is 0 Å². The number of rotatable bonds is 12. The third-order valence-corrected chi connectivity index (χ3v) is 3.94. The van der Waals surface area contributed by atoms with Crippen molar-refractivity contribution in [1.82, 2.24) is 0 Å². The standard InChI is InChI=1S/C18H27NO3/c1-2-3-6-14-17(19(21)22)18(20)15-10-5-9-13-16-11-7-4-8-12-16/h4,7-8,11-12,17H,2-3,5-6,9-10,13-15H2,1H3. The van der Waals surface area contributed by atoms with Crippen molar-refractivity contribution in [3.8, 4) is 0 Å². The maximum Gasteiger partial charge on any atom is 0.270 e. The molecular weight excluding hydrogens is 278 g/mol. The van der Waals surface area contributed by atoms with Gasteiger partial charge in [-0.2, -0.15) is 0 Å². The van der Waals surface area contributed by atoms with Gasteiger partial charge in [-0.3, -0.25) is 14.9 Å². The topological polar surface area (TPSA) is 60.2 Å². The van der Waals surface area contributed by atoms with Crippen molar-refractivity contribution >= 4 is 5.78 Å². The minimum atomic E-state index is -0.985. The van der Waals surface area contributed by atoms with Crippen molar-refractivity contribution in [3.05, 3.63) is 46.0 Å². The summed E-state index contributed by atoms with van der Waals surface area (Å²) in [6, 6.07) is 9.26. The molecule has 0 heterocycles. The van der Waals surface area contributed by atoms with Crippen LogP contribution >= 0.6 is 0 Å². The second-order valence-corrected chi connectivity index (χ2v) is 5.81. The number of hydrogen-bond acceptors (Lipinski definition) is 3. The SMILES string of the molecule is CCCCCC(C(=O)CCCCCc1ccccc1)[N+](=O)[O-]. The Kier molecular flexibility index (Phi) is 9.12. The molecule has 0 radical (unpaired) electrons. The predicted octanol–water partition coefficient (Wildman–Crippen LogP) is 4.58. The number of hydrogen-bond donors (Lipinski definition) is 0. The Labute approximate surface area is 133 Å². The Bertz CT molecular complexity index is 445. The quantitative estimate of drug-likeness (QED) is 0.322. The zero-order valence-electron chi connectivity index (χ0n) is 13.5. The fourth-order valence-corrected chi connectivity index (χ4v) is 2.59. The smallest absolute Gasteiger partial charge is 0.270 e. The van der Waals surface area contributed by atoms with E-state index in [1.165, 1.54) is 5.56 Å². The summed E-state index contributed by atoms with van der Waals surface area (Å²) in [7, 11) is 0. The van der Waals surface area contributed by atoms with Gasteiger partial charge < -0.3 is 0 Å². The average Bonchev–Trinajstić information content (AvgIpc) is 2.51. The summed E-state index contributed by atoms with van der Waals surface area (Å²) >= 11 is 0. The molecule has 4 heteroatoms. The fourth-order valence-electron chi connectivity index (χ4n) is 2.59. The van der Waals surface area contributed by atoms with E-state index in [0.717, 1.165) is 44.9 Å². The molecular formula is C18H27NO3. The largest absolute Gasteiger partial charge is 0.292 e. The molecule has 0 fully saturated rings. The van der Waals surface area contributed by atoms with Crippen molar-refractivity contribution in [2.24, 2.45) is 0 Å². The normalized spacial score (nSPS) is 12.0. The molecule has 1 aromatic carbocycles. The molecule has 1 atom stereocenters. The molecule has 0 N–H and O–H groups in total. The molecule has 0 aromatic heterocycles. The molecule has 0 aliphatic heterocycles. The molecule has 1 rings (SSSR count). The summed E-state index contributed by atoms with van der Waals surface area (Å²) in [6.45, 7) is 2.05. The van der Waals surface area contributed by atoms with Crippen molar-refractivity contribution in [2.75, 3.05) is 0 Å². The zero-order chi connectivity index (χ0) is 16.2. The van der Waals surface area contributed by atoms with Crippen LogP contribution in [0.4, 0.5) is 0 Å². The van der Waals surface area contributed by atoms with Crippen LogP contribution in [0.3, 0.4) is 0 Å². The number of ketones is 1. The number of carbonyl (C=O) groups is 1. The Morgan fingerprint density at radius 3 is 2.45 bits per heavy atom. The van der Waals surface area contributed by atoms with E-state index in [1.807, 2.05) is 18.2 Å². The van der Waals surface area contributed by atoms with Gasteiger partial charge in [0.05, 0.1) is 0 Å². The molecule has 0 saturated heterocycles. The first-order chi connectivity index (χ1) is 10.6. The summed E-state index contributed by atoms with van der Waals surface area (Å²) in [5.41, 5.74) is 1.30. The zero-order valence-corrected chi connectivity index (χ0v) is 13.5. The highest BCUT2D eigenvalue weighted by Crippen LogP contribution is 2.13. The van der Waals surface area contributed by atoms with E-state index >= 15 is 0 Å². The van der Waals surface area contributed by atoms with Gasteiger partial charge in [0, 0.05) is 17.8 Å². The number of carbonyl (C=O) groups excluding carboxylic acids is 1. The maximum atomic E-state index is 12.0. The Balaban J connectivity index is 2.21. The van der Waals surface area contributed by atoms with Gasteiger partial charge in [0.15, 0.2) is 0 Å². The van der Waals surface area contributed by atoms with E-state index in [-0.39, 0.29) is 5.78 Å². The first-order valence-corrected chi connectivity index (χ1v) is 8.35. The van der Waals surface area contributed by atoms with Crippen LogP contribution in [0.2, 0.25) is 0 Å². The highest BCUT2D eigenvalue weighted by atomic mass is 16.6. The molecule has 0 bridgehead atoms. The van der Waals surface area contributed by atoms with Gasteiger partial charge in [0.25, 0.3) is 6.04 Å². The predicted molar refractivity (Wildman–Crippen MR) is 88.5 cm³/mol. The minimum absolute atomic E-state index is 0.194. The van der Waals surface area contributed by atoms with Gasteiger partial charge in [0.2, 0.25) is 5.78 Å². The molecule has 4 nitrogen and oxygen atoms in total. The van der Waals surface area contributed by atoms with Crippen LogP contribution in [-0.4, -0.2) is 16.7 Å². The van der Waals surface area contributed by atoms with E-state index in [9.17, 15) is 14.9 Å². The average molecular weight is 305 g/mol. The minimum Gasteiger partial charge on any atom is -0.292 e. The first kappa shape index (κ1) is 18.3. The van der Waals surface area contributed by atoms with Gasteiger partial charge >= 0.3 is 0 Å². The third kappa shape index (κ3) is 7.34. The molecule has 0 aliphatic carbocycles. The van der Waals surface area contributed by atoms with Crippen LogP contribution in [0.1, 0.15) is 63.9 Å². The molecule has 1 unspecified atom stereocenters. The molecule has 1 aromatic rings. The monoisotopic (exact) mass is 305 g/mol. The first-order valence-electron chi connectivity index (χ1n) is 8.35. The number of nitrogens with zero attached hydrogens (tertiary/aromatic N) is 1. The third-order valence-electron chi connectivity index (χ3n) is 3.94. The van der Waals surface area contributed by atoms with Crippen molar-refractivity contribution < 1.29 is 9.72 Å². The fraction of sp³-hybridized carbons (Fsp3) is 0.611. The highest BCUT2D eigenvalue weighted by molar-refractivity contribution is 5.82. The Morgan fingerprint density at radius 1 is 1.09 bits per heavy atom. The van der Waals surface area contributed by atoms with Crippen LogP contribution in [0, 0.1) is 10.1 Å². The second kappa shape index (κ2) is 10.9. The van der Waals surface area contributed by atoms with Gasteiger partial charge in [0.1, 0.15) is 0 Å². The lowest BCUT2D eigenvalue weighted by molar-refractivity contribution is -0.508. The maximum absolute atomic E-state index is 12.0. The molecule has 0 spiro atoms. The van der Waals surface area contributed by atoms with Crippen LogP contribution in [0.15, 0.2) is 30.3 Å². The summed E-state index contributed by atoms with van der Waals surface area (Å²) in [5, 5.41) is 11.0. The lowest BCUT2D eigenvalue weighted by Crippen LogP contribution is -2.29. The summed E-state index contributed by atoms with van der Waals surface area (Å²) < 4.78 is 0. The molecule has 22 heavy (non-hydrogen) atoms.